The minimum Gasteiger partial charge on any atom is -0.492 e. The van der Waals surface area contributed by atoms with Gasteiger partial charge in [0.25, 0.3) is 0 Å². The van der Waals surface area contributed by atoms with Gasteiger partial charge in [0, 0.05) is 18.6 Å². The Morgan fingerprint density at radius 2 is 2.41 bits per heavy atom. The van der Waals surface area contributed by atoms with Crippen LogP contribution < -0.4 is 10.5 Å². The highest BCUT2D eigenvalue weighted by Crippen LogP contribution is 2.28. The highest BCUT2D eigenvalue weighted by atomic mass is 79.9. The molecule has 0 amide bonds. The molecule has 1 heterocycles. The van der Waals surface area contributed by atoms with E-state index in [2.05, 4.69) is 15.9 Å². The minimum absolute atomic E-state index is 0.0450. The lowest BCUT2D eigenvalue weighted by Crippen LogP contribution is -2.12. The highest BCUT2D eigenvalue weighted by molar-refractivity contribution is 9.10. The summed E-state index contributed by atoms with van der Waals surface area (Å²) < 4.78 is 12.1. The van der Waals surface area contributed by atoms with Crippen LogP contribution in [0.5, 0.6) is 5.75 Å². The van der Waals surface area contributed by atoms with Gasteiger partial charge in [0.2, 0.25) is 0 Å². The van der Waals surface area contributed by atoms with E-state index in [0.717, 1.165) is 42.0 Å². The Morgan fingerprint density at radius 3 is 3.00 bits per heavy atom. The van der Waals surface area contributed by atoms with Gasteiger partial charge in [-0.25, -0.2) is 0 Å². The molecule has 1 unspecified atom stereocenters. The van der Waals surface area contributed by atoms with Crippen LogP contribution >= 0.6 is 15.9 Å². The van der Waals surface area contributed by atoms with Crippen molar-refractivity contribution in [1.29, 1.82) is 0 Å². The van der Waals surface area contributed by atoms with Gasteiger partial charge in [-0.15, -0.1) is 0 Å². The van der Waals surface area contributed by atoms with Crippen LogP contribution in [-0.4, -0.2) is 19.8 Å². The first-order valence-corrected chi connectivity index (χ1v) is 6.71. The summed E-state index contributed by atoms with van der Waals surface area (Å²) >= 11 is 3.51. The lowest BCUT2D eigenvalue weighted by atomic mass is 10.1. The molecule has 17 heavy (non-hydrogen) atoms. The Bertz CT molecular complexity index is 376. The van der Waals surface area contributed by atoms with Crippen molar-refractivity contribution in [3.05, 3.63) is 28.2 Å². The molecule has 0 aromatic heterocycles. The molecule has 1 aliphatic heterocycles. The normalized spacial score (nSPS) is 21.5. The quantitative estimate of drug-likeness (QED) is 0.930. The second kappa shape index (κ2) is 5.85. The molecule has 1 aliphatic rings. The number of nitrogens with two attached hydrogens (primary N) is 1. The molecular weight excluding hydrogens is 282 g/mol. The van der Waals surface area contributed by atoms with E-state index in [9.17, 15) is 0 Å². The average molecular weight is 300 g/mol. The van der Waals surface area contributed by atoms with Crippen molar-refractivity contribution in [3.8, 4) is 5.75 Å². The molecule has 1 aromatic rings. The zero-order valence-corrected chi connectivity index (χ0v) is 11.6. The van der Waals surface area contributed by atoms with Gasteiger partial charge >= 0.3 is 0 Å². The Kier molecular flexibility index (Phi) is 4.42. The third-order valence-corrected chi connectivity index (χ3v) is 3.60. The predicted molar refractivity (Wildman–Crippen MR) is 71.2 cm³/mol. The van der Waals surface area contributed by atoms with Gasteiger partial charge in [-0.1, -0.05) is 6.07 Å². The van der Waals surface area contributed by atoms with E-state index >= 15 is 0 Å². The van der Waals surface area contributed by atoms with Crippen LogP contribution in [0.2, 0.25) is 0 Å². The first-order valence-electron chi connectivity index (χ1n) is 5.92. The van der Waals surface area contributed by atoms with Crippen LogP contribution in [-0.2, 0) is 4.74 Å². The third-order valence-electron chi connectivity index (χ3n) is 2.98. The molecule has 1 fully saturated rings. The van der Waals surface area contributed by atoms with Gasteiger partial charge in [0.15, 0.2) is 0 Å². The maximum Gasteiger partial charge on any atom is 0.133 e. The van der Waals surface area contributed by atoms with E-state index in [4.69, 9.17) is 15.2 Å². The average Bonchev–Trinajstić information content (AvgIpc) is 2.80. The van der Waals surface area contributed by atoms with Gasteiger partial charge in [0.05, 0.1) is 17.7 Å². The van der Waals surface area contributed by atoms with Crippen molar-refractivity contribution >= 4 is 15.9 Å². The highest BCUT2D eigenvalue weighted by Gasteiger charge is 2.16. The molecule has 2 N–H and O–H groups in total. The maximum atomic E-state index is 5.83. The number of ether oxygens (including phenoxy) is 2. The SMILES string of the molecule is C[C@H](N)c1ccc(OCC2CCOC2)c(Br)c1. The molecule has 1 aromatic carbocycles. The first-order chi connectivity index (χ1) is 8.16. The second-order valence-electron chi connectivity index (χ2n) is 4.52. The molecule has 3 nitrogen and oxygen atoms in total. The monoisotopic (exact) mass is 299 g/mol. The predicted octanol–water partition coefficient (Wildman–Crippen LogP) is 2.88. The van der Waals surface area contributed by atoms with E-state index in [1.165, 1.54) is 0 Å². The standard InChI is InChI=1S/C13H18BrNO2/c1-9(15)11-2-3-13(12(14)6-11)17-8-10-4-5-16-7-10/h2-3,6,9-10H,4-5,7-8,15H2,1H3/t9-,10?/m0/s1. The largest absolute Gasteiger partial charge is 0.492 e. The van der Waals surface area contributed by atoms with E-state index in [0.29, 0.717) is 5.92 Å². The maximum absolute atomic E-state index is 5.83. The molecule has 0 spiro atoms. The summed E-state index contributed by atoms with van der Waals surface area (Å²) in [5.41, 5.74) is 6.93. The first kappa shape index (κ1) is 12.9. The molecule has 2 atom stereocenters. The van der Waals surface area contributed by atoms with Gasteiger partial charge in [-0.05, 0) is 47.0 Å². The molecule has 94 valence electrons. The van der Waals surface area contributed by atoms with Crippen LogP contribution in [0.3, 0.4) is 0 Å². The van der Waals surface area contributed by atoms with E-state index in [-0.39, 0.29) is 6.04 Å². The summed E-state index contributed by atoms with van der Waals surface area (Å²) in [6, 6.07) is 6.04. The van der Waals surface area contributed by atoms with Crippen LogP contribution in [0, 0.1) is 5.92 Å². The summed E-state index contributed by atoms with van der Waals surface area (Å²) in [6.45, 7) is 4.36. The number of halogens is 1. The minimum atomic E-state index is 0.0450. The van der Waals surface area contributed by atoms with Crippen molar-refractivity contribution in [2.45, 2.75) is 19.4 Å². The summed E-state index contributed by atoms with van der Waals surface area (Å²) in [5.74, 6) is 1.40. The topological polar surface area (TPSA) is 44.5 Å². The molecule has 0 radical (unpaired) electrons. The fourth-order valence-electron chi connectivity index (χ4n) is 1.84. The van der Waals surface area contributed by atoms with Crippen LogP contribution in [0.25, 0.3) is 0 Å². The van der Waals surface area contributed by atoms with E-state index in [1.807, 2.05) is 25.1 Å². The number of benzene rings is 1. The summed E-state index contributed by atoms with van der Waals surface area (Å²) in [5, 5.41) is 0. The molecular formula is C13H18BrNO2. The zero-order chi connectivity index (χ0) is 12.3. The number of hydrogen-bond acceptors (Lipinski definition) is 3. The van der Waals surface area contributed by atoms with Crippen LogP contribution in [0.15, 0.2) is 22.7 Å². The van der Waals surface area contributed by atoms with Crippen molar-refractivity contribution in [2.24, 2.45) is 11.7 Å². The summed E-state index contributed by atoms with van der Waals surface area (Å²) in [7, 11) is 0. The number of hydrogen-bond donors (Lipinski definition) is 1. The zero-order valence-electron chi connectivity index (χ0n) is 9.99. The fourth-order valence-corrected chi connectivity index (χ4v) is 2.35. The Labute approximate surface area is 110 Å². The van der Waals surface area contributed by atoms with Crippen molar-refractivity contribution in [1.82, 2.24) is 0 Å². The molecule has 1 saturated heterocycles. The smallest absolute Gasteiger partial charge is 0.133 e. The third kappa shape index (κ3) is 3.44. The van der Waals surface area contributed by atoms with Gasteiger partial charge < -0.3 is 15.2 Å². The lowest BCUT2D eigenvalue weighted by molar-refractivity contribution is 0.167. The molecule has 2 rings (SSSR count). The van der Waals surface area contributed by atoms with Crippen LogP contribution in [0.1, 0.15) is 24.9 Å². The van der Waals surface area contributed by atoms with E-state index < -0.39 is 0 Å². The van der Waals surface area contributed by atoms with Crippen molar-refractivity contribution in [2.75, 3.05) is 19.8 Å². The fraction of sp³-hybridized carbons (Fsp3) is 0.538. The lowest BCUT2D eigenvalue weighted by Gasteiger charge is -2.13. The molecule has 0 aliphatic carbocycles. The Balaban J connectivity index is 1.96. The number of rotatable bonds is 4. The van der Waals surface area contributed by atoms with Gasteiger partial charge in [-0.2, -0.15) is 0 Å². The van der Waals surface area contributed by atoms with Gasteiger partial charge in [-0.3, -0.25) is 0 Å². The van der Waals surface area contributed by atoms with Crippen molar-refractivity contribution < 1.29 is 9.47 Å². The Morgan fingerprint density at radius 1 is 1.59 bits per heavy atom. The molecule has 4 heteroatoms. The van der Waals surface area contributed by atoms with Crippen molar-refractivity contribution in [3.63, 3.8) is 0 Å². The van der Waals surface area contributed by atoms with Gasteiger partial charge in [0.1, 0.15) is 5.75 Å². The second-order valence-corrected chi connectivity index (χ2v) is 5.37. The summed E-state index contributed by atoms with van der Waals surface area (Å²) in [4.78, 5) is 0. The molecule has 0 bridgehead atoms. The summed E-state index contributed by atoms with van der Waals surface area (Å²) in [6.07, 6.45) is 1.09. The molecule has 0 saturated carbocycles. The Hall–Kier alpha value is -0.580. The van der Waals surface area contributed by atoms with Crippen LogP contribution in [0.4, 0.5) is 0 Å². The van der Waals surface area contributed by atoms with E-state index in [1.54, 1.807) is 0 Å².